The lowest BCUT2D eigenvalue weighted by atomic mass is 9.99. The van der Waals surface area contributed by atoms with Crippen molar-refractivity contribution in [3.63, 3.8) is 0 Å². The van der Waals surface area contributed by atoms with Crippen LogP contribution in [0.4, 0.5) is 10.3 Å². The summed E-state index contributed by atoms with van der Waals surface area (Å²) in [5.41, 5.74) is 7.82. The van der Waals surface area contributed by atoms with Gasteiger partial charge < -0.3 is 15.0 Å². The van der Waals surface area contributed by atoms with Crippen LogP contribution in [0.25, 0.3) is 11.3 Å². The van der Waals surface area contributed by atoms with Gasteiger partial charge in [-0.15, -0.1) is 0 Å². The molecule has 0 bridgehead atoms. The summed E-state index contributed by atoms with van der Waals surface area (Å²) in [6.07, 6.45) is 0.734. The van der Waals surface area contributed by atoms with E-state index in [1.54, 1.807) is 12.1 Å². The lowest BCUT2D eigenvalue weighted by Crippen LogP contribution is -1.99. The van der Waals surface area contributed by atoms with Crippen molar-refractivity contribution in [2.24, 2.45) is 5.92 Å². The number of nitrogens with zero attached hydrogens (tertiary/aromatic N) is 1. The Balaban J connectivity index is 2.44. The zero-order valence-electron chi connectivity index (χ0n) is 11.2. The van der Waals surface area contributed by atoms with Crippen molar-refractivity contribution in [3.05, 3.63) is 29.6 Å². The van der Waals surface area contributed by atoms with Crippen molar-refractivity contribution in [2.45, 2.75) is 20.3 Å². The van der Waals surface area contributed by atoms with E-state index >= 15 is 0 Å². The van der Waals surface area contributed by atoms with Gasteiger partial charge in [-0.2, -0.15) is 0 Å². The highest BCUT2D eigenvalue weighted by Crippen LogP contribution is 2.31. The molecule has 0 fully saturated rings. The fourth-order valence-corrected chi connectivity index (χ4v) is 1.97. The number of anilines is 1. The van der Waals surface area contributed by atoms with E-state index in [-0.39, 0.29) is 5.75 Å². The molecular weight excluding hydrogens is 247 g/mol. The van der Waals surface area contributed by atoms with Crippen LogP contribution in [-0.4, -0.2) is 12.3 Å². The highest BCUT2D eigenvalue weighted by atomic mass is 19.1. The number of hydrogen-bond acceptors (Lipinski definition) is 4. The summed E-state index contributed by atoms with van der Waals surface area (Å²) < 4.78 is 23.6. The Morgan fingerprint density at radius 3 is 2.74 bits per heavy atom. The van der Waals surface area contributed by atoms with Crippen LogP contribution in [-0.2, 0) is 6.42 Å². The van der Waals surface area contributed by atoms with Crippen molar-refractivity contribution in [1.82, 2.24) is 5.16 Å². The number of methoxy groups -OCH3 is 1. The van der Waals surface area contributed by atoms with E-state index in [4.69, 9.17) is 15.0 Å². The van der Waals surface area contributed by atoms with Crippen molar-refractivity contribution >= 4 is 5.88 Å². The van der Waals surface area contributed by atoms with Crippen LogP contribution < -0.4 is 10.5 Å². The predicted octanol–water partition coefficient (Wildman–Crippen LogP) is 3.27. The predicted molar refractivity (Wildman–Crippen MR) is 71.4 cm³/mol. The minimum atomic E-state index is -0.433. The van der Waals surface area contributed by atoms with Gasteiger partial charge in [0.25, 0.3) is 0 Å². The summed E-state index contributed by atoms with van der Waals surface area (Å²) in [6, 6.07) is 4.68. The Morgan fingerprint density at radius 2 is 2.16 bits per heavy atom. The molecule has 0 aliphatic heterocycles. The number of ether oxygens (including phenoxy) is 1. The molecule has 5 heteroatoms. The fraction of sp³-hybridized carbons (Fsp3) is 0.357. The normalized spacial score (nSPS) is 11.0. The van der Waals surface area contributed by atoms with Gasteiger partial charge in [-0.3, -0.25) is 0 Å². The van der Waals surface area contributed by atoms with E-state index in [2.05, 4.69) is 19.0 Å². The molecule has 1 heterocycles. The third kappa shape index (κ3) is 2.70. The molecule has 4 nitrogen and oxygen atoms in total. The summed E-state index contributed by atoms with van der Waals surface area (Å²) in [5.74, 6) is 0.464. The minimum absolute atomic E-state index is 0.200. The van der Waals surface area contributed by atoms with E-state index in [9.17, 15) is 4.39 Å². The Morgan fingerprint density at radius 1 is 1.42 bits per heavy atom. The van der Waals surface area contributed by atoms with Crippen molar-refractivity contribution in [3.8, 4) is 17.0 Å². The van der Waals surface area contributed by atoms with E-state index in [1.165, 1.54) is 13.2 Å². The highest BCUT2D eigenvalue weighted by molar-refractivity contribution is 5.67. The molecule has 0 saturated carbocycles. The first-order chi connectivity index (χ1) is 9.02. The zero-order valence-corrected chi connectivity index (χ0v) is 11.2. The molecular formula is C14H17FN2O2. The third-order valence-electron chi connectivity index (χ3n) is 2.86. The van der Waals surface area contributed by atoms with Crippen LogP contribution >= 0.6 is 0 Å². The number of nitrogen functional groups attached to an aromatic ring is 1. The van der Waals surface area contributed by atoms with Crippen LogP contribution in [0.5, 0.6) is 5.75 Å². The maximum absolute atomic E-state index is 13.7. The van der Waals surface area contributed by atoms with Gasteiger partial charge in [-0.25, -0.2) is 4.39 Å². The van der Waals surface area contributed by atoms with Gasteiger partial charge in [-0.1, -0.05) is 19.0 Å². The van der Waals surface area contributed by atoms with E-state index in [0.717, 1.165) is 12.0 Å². The molecule has 0 amide bonds. The summed E-state index contributed by atoms with van der Waals surface area (Å²) in [6.45, 7) is 4.15. The third-order valence-corrected chi connectivity index (χ3v) is 2.86. The second-order valence-corrected chi connectivity index (χ2v) is 4.82. The number of benzene rings is 1. The second-order valence-electron chi connectivity index (χ2n) is 4.82. The van der Waals surface area contributed by atoms with Crippen LogP contribution in [0.3, 0.4) is 0 Å². The first kappa shape index (κ1) is 13.4. The van der Waals surface area contributed by atoms with E-state index in [1.807, 2.05) is 0 Å². The van der Waals surface area contributed by atoms with Gasteiger partial charge in [0.1, 0.15) is 5.69 Å². The average molecular weight is 264 g/mol. The maximum atomic E-state index is 13.7. The smallest absolute Gasteiger partial charge is 0.225 e. The standard InChI is InChI=1S/C14H17FN2O2/c1-8(2)6-10-13(17-19-14(10)16)9-4-5-12(18-3)11(15)7-9/h4-5,7-8H,6,16H2,1-3H3. The largest absolute Gasteiger partial charge is 0.494 e. The molecule has 0 aliphatic carbocycles. The van der Waals surface area contributed by atoms with Gasteiger partial charge in [-0.05, 0) is 30.5 Å². The second kappa shape index (κ2) is 5.30. The molecule has 2 aromatic rings. The number of nitrogens with two attached hydrogens (primary N) is 1. The van der Waals surface area contributed by atoms with Gasteiger partial charge in [0.2, 0.25) is 5.88 Å². The molecule has 0 atom stereocenters. The summed E-state index contributed by atoms with van der Waals surface area (Å²) in [5, 5.41) is 3.93. The van der Waals surface area contributed by atoms with Gasteiger partial charge in [0, 0.05) is 11.1 Å². The molecule has 19 heavy (non-hydrogen) atoms. The quantitative estimate of drug-likeness (QED) is 0.920. The molecule has 0 spiro atoms. The number of aromatic nitrogens is 1. The molecule has 1 aromatic carbocycles. The minimum Gasteiger partial charge on any atom is -0.494 e. The lowest BCUT2D eigenvalue weighted by molar-refractivity contribution is 0.386. The van der Waals surface area contributed by atoms with Crippen molar-refractivity contribution in [1.29, 1.82) is 0 Å². The first-order valence-corrected chi connectivity index (χ1v) is 6.10. The highest BCUT2D eigenvalue weighted by Gasteiger charge is 2.17. The number of rotatable bonds is 4. The summed E-state index contributed by atoms with van der Waals surface area (Å²) in [4.78, 5) is 0. The van der Waals surface area contributed by atoms with Crippen LogP contribution in [0.2, 0.25) is 0 Å². The van der Waals surface area contributed by atoms with Gasteiger partial charge in [0.15, 0.2) is 11.6 Å². The molecule has 102 valence electrons. The van der Waals surface area contributed by atoms with Crippen molar-refractivity contribution in [2.75, 3.05) is 12.8 Å². The molecule has 0 saturated heterocycles. The summed E-state index contributed by atoms with van der Waals surface area (Å²) >= 11 is 0. The molecule has 2 rings (SSSR count). The van der Waals surface area contributed by atoms with E-state index < -0.39 is 5.82 Å². The molecule has 0 unspecified atom stereocenters. The monoisotopic (exact) mass is 264 g/mol. The molecule has 0 radical (unpaired) electrons. The number of halogens is 1. The van der Waals surface area contributed by atoms with Crippen molar-refractivity contribution < 1.29 is 13.7 Å². The maximum Gasteiger partial charge on any atom is 0.225 e. The number of hydrogen-bond donors (Lipinski definition) is 1. The topological polar surface area (TPSA) is 61.3 Å². The Kier molecular flexibility index (Phi) is 3.74. The first-order valence-electron chi connectivity index (χ1n) is 6.10. The van der Waals surface area contributed by atoms with Crippen LogP contribution in [0, 0.1) is 11.7 Å². The Hall–Kier alpha value is -2.04. The van der Waals surface area contributed by atoms with Crippen LogP contribution in [0.15, 0.2) is 22.7 Å². The Labute approximate surface area is 111 Å². The molecule has 2 N–H and O–H groups in total. The molecule has 0 aliphatic rings. The molecule has 1 aromatic heterocycles. The SMILES string of the molecule is COc1ccc(-c2noc(N)c2CC(C)C)cc1F. The van der Waals surface area contributed by atoms with Gasteiger partial charge in [0.05, 0.1) is 7.11 Å². The average Bonchev–Trinajstić information content (AvgIpc) is 2.70. The lowest BCUT2D eigenvalue weighted by Gasteiger charge is -2.07. The zero-order chi connectivity index (χ0) is 14.0. The Bertz CT molecular complexity index is 579. The summed E-state index contributed by atoms with van der Waals surface area (Å²) in [7, 11) is 1.43. The fourth-order valence-electron chi connectivity index (χ4n) is 1.97. The van der Waals surface area contributed by atoms with E-state index in [0.29, 0.717) is 23.1 Å². The van der Waals surface area contributed by atoms with Crippen LogP contribution in [0.1, 0.15) is 19.4 Å². The van der Waals surface area contributed by atoms with Gasteiger partial charge >= 0.3 is 0 Å².